The molecule has 0 N–H and O–H groups in total. The van der Waals surface area contributed by atoms with Gasteiger partial charge in [0.25, 0.3) is 0 Å². The first-order valence-electron chi connectivity index (χ1n) is 8.39. The van der Waals surface area contributed by atoms with Gasteiger partial charge < -0.3 is 0 Å². The smallest absolute Gasteiger partial charge is 0.253 e. The summed E-state index contributed by atoms with van der Waals surface area (Å²) in [6.45, 7) is -1.34. The molecule has 1 fully saturated rings. The van der Waals surface area contributed by atoms with Gasteiger partial charge in [0.05, 0.1) is 6.20 Å². The lowest BCUT2D eigenvalue weighted by molar-refractivity contribution is -0.141. The van der Waals surface area contributed by atoms with Gasteiger partial charge in [-0.1, -0.05) is 23.7 Å². The highest BCUT2D eigenvalue weighted by Crippen LogP contribution is 2.56. The number of halogens is 5. The van der Waals surface area contributed by atoms with Gasteiger partial charge in [-0.25, -0.2) is 9.37 Å². The van der Waals surface area contributed by atoms with Crippen LogP contribution in [0.4, 0.5) is 17.6 Å². The second kappa shape index (κ2) is 5.87. The molecule has 5 rings (SSSR count). The first-order valence-corrected chi connectivity index (χ1v) is 8.77. The highest BCUT2D eigenvalue weighted by Gasteiger charge is 2.43. The SMILES string of the molecule is Fc1c([C@H]2CC2c2cc(Cl)nn3ncnc23)ccc2cnn(CC(F)(F)F)c12. The van der Waals surface area contributed by atoms with Crippen molar-refractivity contribution >= 4 is 28.2 Å². The first-order chi connectivity index (χ1) is 13.3. The molecule has 0 aliphatic heterocycles. The van der Waals surface area contributed by atoms with Crippen LogP contribution in [0.25, 0.3) is 16.6 Å². The molecule has 3 aromatic heterocycles. The second-order valence-electron chi connectivity index (χ2n) is 6.77. The minimum Gasteiger partial charge on any atom is -0.253 e. The molecule has 144 valence electrons. The second-order valence-corrected chi connectivity index (χ2v) is 7.16. The van der Waals surface area contributed by atoms with Crippen LogP contribution >= 0.6 is 11.6 Å². The van der Waals surface area contributed by atoms with Gasteiger partial charge in [0.2, 0.25) is 0 Å². The van der Waals surface area contributed by atoms with Gasteiger partial charge in [-0.15, -0.1) is 14.8 Å². The van der Waals surface area contributed by atoms with E-state index < -0.39 is 18.5 Å². The first kappa shape index (κ1) is 17.4. The fraction of sp³-hybridized carbons (Fsp3) is 0.294. The van der Waals surface area contributed by atoms with Crippen molar-refractivity contribution in [1.29, 1.82) is 0 Å². The molecule has 11 heteroatoms. The summed E-state index contributed by atoms with van der Waals surface area (Å²) in [5, 5.41) is 12.2. The molecule has 6 nitrogen and oxygen atoms in total. The van der Waals surface area contributed by atoms with Crippen LogP contribution in [0.3, 0.4) is 0 Å². The van der Waals surface area contributed by atoms with Crippen molar-refractivity contribution in [2.24, 2.45) is 0 Å². The number of alkyl halides is 3. The molecule has 0 radical (unpaired) electrons. The largest absolute Gasteiger partial charge is 0.408 e. The topological polar surface area (TPSA) is 60.9 Å². The Labute approximate surface area is 159 Å². The van der Waals surface area contributed by atoms with Gasteiger partial charge in [-0.3, -0.25) is 4.68 Å². The van der Waals surface area contributed by atoms with Crippen molar-refractivity contribution in [3.63, 3.8) is 0 Å². The lowest BCUT2D eigenvalue weighted by atomic mass is 10.0. The van der Waals surface area contributed by atoms with Gasteiger partial charge in [0, 0.05) is 10.9 Å². The average molecular weight is 411 g/mol. The monoisotopic (exact) mass is 410 g/mol. The van der Waals surface area contributed by atoms with Gasteiger partial charge in [0.15, 0.2) is 16.6 Å². The van der Waals surface area contributed by atoms with Gasteiger partial charge in [0.1, 0.15) is 18.4 Å². The molecule has 1 saturated carbocycles. The van der Waals surface area contributed by atoms with Crippen LogP contribution < -0.4 is 0 Å². The fourth-order valence-electron chi connectivity index (χ4n) is 3.69. The summed E-state index contributed by atoms with van der Waals surface area (Å²) in [4.78, 5) is 4.17. The van der Waals surface area contributed by atoms with Crippen molar-refractivity contribution in [3.05, 3.63) is 52.8 Å². The van der Waals surface area contributed by atoms with E-state index in [0.29, 0.717) is 27.7 Å². The van der Waals surface area contributed by atoms with E-state index in [1.54, 1.807) is 18.2 Å². The Hall–Kier alpha value is -2.75. The molecule has 1 aromatic carbocycles. The summed E-state index contributed by atoms with van der Waals surface area (Å²) in [5.74, 6) is -0.944. The minimum absolute atomic E-state index is 0.0712. The van der Waals surface area contributed by atoms with Crippen molar-refractivity contribution in [3.8, 4) is 0 Å². The Balaban J connectivity index is 1.55. The fourth-order valence-corrected chi connectivity index (χ4v) is 3.88. The van der Waals surface area contributed by atoms with Crippen molar-refractivity contribution in [2.45, 2.75) is 31.0 Å². The summed E-state index contributed by atoms with van der Waals surface area (Å²) >= 11 is 6.03. The highest BCUT2D eigenvalue weighted by molar-refractivity contribution is 6.29. The summed E-state index contributed by atoms with van der Waals surface area (Å²) in [5.41, 5.74) is 1.53. The minimum atomic E-state index is -4.49. The summed E-state index contributed by atoms with van der Waals surface area (Å²) < 4.78 is 55.4. The van der Waals surface area contributed by atoms with E-state index >= 15 is 4.39 Å². The van der Waals surface area contributed by atoms with Crippen LogP contribution in [-0.4, -0.2) is 35.8 Å². The molecule has 0 saturated heterocycles. The van der Waals surface area contributed by atoms with E-state index in [9.17, 15) is 13.2 Å². The van der Waals surface area contributed by atoms with Crippen molar-refractivity contribution in [2.75, 3.05) is 0 Å². The molecule has 0 amide bonds. The number of hydrogen-bond donors (Lipinski definition) is 0. The van der Waals surface area contributed by atoms with E-state index in [-0.39, 0.29) is 22.5 Å². The molecule has 0 bridgehead atoms. The molecule has 3 heterocycles. The average Bonchev–Trinajstić information content (AvgIpc) is 3.05. The Morgan fingerprint density at radius 2 is 1.93 bits per heavy atom. The van der Waals surface area contributed by atoms with Crippen LogP contribution in [0.15, 0.2) is 30.7 Å². The van der Waals surface area contributed by atoms with Crippen molar-refractivity contribution in [1.82, 2.24) is 29.6 Å². The molecular formula is C17H11ClF4N6. The normalized spacial score (nSPS) is 19.6. The molecule has 1 aliphatic rings. The summed E-state index contributed by atoms with van der Waals surface area (Å²) in [7, 11) is 0. The zero-order valence-electron chi connectivity index (χ0n) is 14.0. The third kappa shape index (κ3) is 2.79. The zero-order valence-corrected chi connectivity index (χ0v) is 14.8. The van der Waals surface area contributed by atoms with E-state index in [1.807, 2.05) is 0 Å². The number of nitrogens with zero attached hydrogens (tertiary/aromatic N) is 6. The Morgan fingerprint density at radius 1 is 1.14 bits per heavy atom. The standard InChI is InChI=1S/C17H11ClF4N6/c18-13-4-12(16-23-7-25-28(16)26-13)11-3-10(11)9-2-1-8-5-24-27(6-17(20,21)22)15(8)14(9)19/h1-2,4-5,7,10-11H,3,6H2/t10-,11?/m1/s1. The summed E-state index contributed by atoms with van der Waals surface area (Å²) in [6, 6.07) is 4.86. The predicted molar refractivity (Wildman–Crippen MR) is 91.6 cm³/mol. The molecular weight excluding hydrogens is 400 g/mol. The highest BCUT2D eigenvalue weighted by atomic mass is 35.5. The van der Waals surface area contributed by atoms with Crippen LogP contribution in [-0.2, 0) is 6.54 Å². The molecule has 4 aromatic rings. The van der Waals surface area contributed by atoms with E-state index in [0.717, 1.165) is 5.56 Å². The predicted octanol–water partition coefficient (Wildman–Crippen LogP) is 4.10. The lowest BCUT2D eigenvalue weighted by Gasteiger charge is -2.10. The Bertz CT molecular complexity index is 1210. The Morgan fingerprint density at radius 3 is 2.71 bits per heavy atom. The van der Waals surface area contributed by atoms with Crippen LogP contribution in [0.1, 0.15) is 29.4 Å². The number of fused-ring (bicyclic) bond motifs is 2. The summed E-state index contributed by atoms with van der Waals surface area (Å²) in [6.07, 6.45) is -1.28. The van der Waals surface area contributed by atoms with Gasteiger partial charge in [-0.05, 0) is 29.9 Å². The number of benzene rings is 1. The molecule has 1 unspecified atom stereocenters. The van der Waals surface area contributed by atoms with Crippen LogP contribution in [0, 0.1) is 5.82 Å². The molecule has 28 heavy (non-hydrogen) atoms. The quantitative estimate of drug-likeness (QED) is 0.477. The maximum atomic E-state index is 15.2. The van der Waals surface area contributed by atoms with Crippen LogP contribution in [0.5, 0.6) is 0 Å². The number of hydrogen-bond acceptors (Lipinski definition) is 4. The molecule has 0 spiro atoms. The van der Waals surface area contributed by atoms with Gasteiger partial charge >= 0.3 is 6.18 Å². The molecule has 1 aliphatic carbocycles. The maximum absolute atomic E-state index is 15.2. The zero-order chi connectivity index (χ0) is 19.6. The van der Waals surface area contributed by atoms with E-state index in [1.165, 1.54) is 17.2 Å². The maximum Gasteiger partial charge on any atom is 0.408 e. The number of aromatic nitrogens is 6. The van der Waals surface area contributed by atoms with Crippen LogP contribution in [0.2, 0.25) is 5.15 Å². The third-order valence-electron chi connectivity index (χ3n) is 4.94. The van der Waals surface area contributed by atoms with E-state index in [4.69, 9.17) is 11.6 Å². The Kier molecular flexibility index (Phi) is 3.64. The van der Waals surface area contributed by atoms with E-state index in [2.05, 4.69) is 20.3 Å². The number of rotatable bonds is 3. The lowest BCUT2D eigenvalue weighted by Crippen LogP contribution is -2.19. The van der Waals surface area contributed by atoms with Crippen molar-refractivity contribution < 1.29 is 17.6 Å². The molecule has 2 atom stereocenters. The third-order valence-corrected chi connectivity index (χ3v) is 5.13. The van der Waals surface area contributed by atoms with Gasteiger partial charge in [-0.2, -0.15) is 18.3 Å².